The summed E-state index contributed by atoms with van der Waals surface area (Å²) in [6.45, 7) is 0.319. The van der Waals surface area contributed by atoms with Gasteiger partial charge in [-0.1, -0.05) is 11.3 Å². The lowest BCUT2D eigenvalue weighted by molar-refractivity contribution is -0.127. The van der Waals surface area contributed by atoms with Crippen LogP contribution in [0.3, 0.4) is 0 Å². The minimum absolute atomic E-state index is 0.0428. The normalized spacial score (nSPS) is 9.93. The molecule has 1 aromatic heterocycles. The van der Waals surface area contributed by atoms with Crippen molar-refractivity contribution >= 4 is 27.4 Å². The summed E-state index contributed by atoms with van der Waals surface area (Å²) >= 11 is 1.37. The summed E-state index contributed by atoms with van der Waals surface area (Å²) in [5, 5.41) is 1.42. The van der Waals surface area contributed by atoms with E-state index >= 15 is 0 Å². The number of nitrogens with two attached hydrogens (primary N) is 1. The van der Waals surface area contributed by atoms with Crippen molar-refractivity contribution in [2.24, 2.45) is 0 Å². The van der Waals surface area contributed by atoms with Crippen LogP contribution in [0.5, 0.6) is 0 Å². The molecule has 0 saturated heterocycles. The predicted octanol–water partition coefficient (Wildman–Crippen LogP) is 0.250. The number of anilines is 2. The Labute approximate surface area is 87.1 Å². The molecule has 0 atom stereocenters. The van der Waals surface area contributed by atoms with Crippen molar-refractivity contribution < 1.29 is 4.79 Å². The van der Waals surface area contributed by atoms with Gasteiger partial charge in [-0.25, -0.2) is 4.98 Å². The van der Waals surface area contributed by atoms with E-state index in [-0.39, 0.29) is 5.91 Å². The maximum atomic E-state index is 11.4. The van der Waals surface area contributed by atoms with E-state index in [1.54, 1.807) is 30.1 Å². The van der Waals surface area contributed by atoms with E-state index in [1.807, 2.05) is 7.05 Å². The molecule has 5 nitrogen and oxygen atoms in total. The fraction of sp³-hybridized carbons (Fsp3) is 0.500. The Morgan fingerprint density at radius 3 is 2.64 bits per heavy atom. The van der Waals surface area contributed by atoms with Gasteiger partial charge in [-0.3, -0.25) is 4.79 Å². The monoisotopic (exact) mass is 214 g/mol. The molecule has 1 amide bonds. The molecule has 2 N–H and O–H groups in total. The molecule has 1 heterocycles. The van der Waals surface area contributed by atoms with Gasteiger partial charge in [-0.2, -0.15) is 0 Å². The summed E-state index contributed by atoms with van der Waals surface area (Å²) < 4.78 is 0. The van der Waals surface area contributed by atoms with Crippen LogP contribution in [0.25, 0.3) is 0 Å². The van der Waals surface area contributed by atoms with Gasteiger partial charge < -0.3 is 15.5 Å². The summed E-state index contributed by atoms with van der Waals surface area (Å²) in [4.78, 5) is 18.8. The van der Waals surface area contributed by atoms with Crippen molar-refractivity contribution in [2.45, 2.75) is 0 Å². The van der Waals surface area contributed by atoms with E-state index in [4.69, 9.17) is 5.73 Å². The number of nitrogens with zero attached hydrogens (tertiary/aromatic N) is 3. The second-order valence-corrected chi connectivity index (χ2v) is 4.23. The minimum Gasteiger partial charge on any atom is -0.389 e. The van der Waals surface area contributed by atoms with E-state index in [9.17, 15) is 4.79 Å². The molecule has 0 aliphatic rings. The maximum absolute atomic E-state index is 11.4. The van der Waals surface area contributed by atoms with Crippen molar-refractivity contribution in [3.8, 4) is 0 Å². The molecule has 6 heteroatoms. The lowest BCUT2D eigenvalue weighted by atomic mass is 10.5. The standard InChI is InChI=1S/C8H14N4OS/c1-11(2)7(13)5-12(3)8-10-4-6(9)14-8/h4H,5,9H2,1-3H3. The molecule has 0 saturated carbocycles. The van der Waals surface area contributed by atoms with Crippen molar-refractivity contribution in [1.29, 1.82) is 0 Å². The zero-order valence-electron chi connectivity index (χ0n) is 8.52. The Hall–Kier alpha value is -1.30. The SMILES string of the molecule is CN(C)C(=O)CN(C)c1ncc(N)s1. The minimum atomic E-state index is 0.0428. The molecular formula is C8H14N4OS. The molecule has 0 aliphatic carbocycles. The Balaban J connectivity index is 2.59. The zero-order chi connectivity index (χ0) is 10.7. The van der Waals surface area contributed by atoms with Crippen LogP contribution in [0.1, 0.15) is 0 Å². The van der Waals surface area contributed by atoms with E-state index in [0.29, 0.717) is 11.5 Å². The Kier molecular flexibility index (Phi) is 3.29. The highest BCUT2D eigenvalue weighted by Gasteiger charge is 2.11. The molecule has 14 heavy (non-hydrogen) atoms. The number of hydrogen-bond acceptors (Lipinski definition) is 5. The molecule has 1 rings (SSSR count). The highest BCUT2D eigenvalue weighted by atomic mass is 32.1. The third-order valence-corrected chi connectivity index (χ3v) is 2.65. The zero-order valence-corrected chi connectivity index (χ0v) is 9.34. The number of carbonyl (C=O) groups excluding carboxylic acids is 1. The van der Waals surface area contributed by atoms with Crippen molar-refractivity contribution in [3.63, 3.8) is 0 Å². The smallest absolute Gasteiger partial charge is 0.241 e. The van der Waals surface area contributed by atoms with Crippen LogP contribution in [-0.2, 0) is 4.79 Å². The van der Waals surface area contributed by atoms with E-state index in [1.165, 1.54) is 11.3 Å². The van der Waals surface area contributed by atoms with Crippen molar-refractivity contribution in [1.82, 2.24) is 9.88 Å². The maximum Gasteiger partial charge on any atom is 0.241 e. The van der Waals surface area contributed by atoms with Gasteiger partial charge in [0.1, 0.15) is 5.00 Å². The number of amides is 1. The first-order chi connectivity index (χ1) is 6.50. The first-order valence-electron chi connectivity index (χ1n) is 4.13. The van der Waals surface area contributed by atoms with E-state index in [0.717, 1.165) is 5.13 Å². The van der Waals surface area contributed by atoms with E-state index in [2.05, 4.69) is 4.98 Å². The number of rotatable bonds is 3. The quantitative estimate of drug-likeness (QED) is 0.783. The van der Waals surface area contributed by atoms with Crippen LogP contribution in [0.15, 0.2) is 6.20 Å². The summed E-state index contributed by atoms with van der Waals surface area (Å²) in [6, 6.07) is 0. The molecular weight excluding hydrogens is 200 g/mol. The van der Waals surface area contributed by atoms with Crippen LogP contribution >= 0.6 is 11.3 Å². The third kappa shape index (κ3) is 2.59. The molecule has 0 aromatic carbocycles. The van der Waals surface area contributed by atoms with Gasteiger partial charge in [0, 0.05) is 21.1 Å². The number of nitrogen functional groups attached to an aromatic ring is 1. The Morgan fingerprint density at radius 1 is 1.57 bits per heavy atom. The summed E-state index contributed by atoms with van der Waals surface area (Å²) in [7, 11) is 5.28. The lowest BCUT2D eigenvalue weighted by Gasteiger charge is -2.17. The number of aromatic nitrogens is 1. The third-order valence-electron chi connectivity index (χ3n) is 1.71. The second-order valence-electron chi connectivity index (χ2n) is 3.19. The lowest BCUT2D eigenvalue weighted by Crippen LogP contribution is -2.34. The van der Waals surface area contributed by atoms with Crippen LogP contribution in [0.4, 0.5) is 10.1 Å². The average molecular weight is 214 g/mol. The molecule has 0 aliphatic heterocycles. The molecule has 0 radical (unpaired) electrons. The van der Waals surface area contributed by atoms with Crippen molar-refractivity contribution in [2.75, 3.05) is 38.3 Å². The highest BCUT2D eigenvalue weighted by molar-refractivity contribution is 7.19. The van der Waals surface area contributed by atoms with Gasteiger partial charge >= 0.3 is 0 Å². The fourth-order valence-corrected chi connectivity index (χ4v) is 1.51. The van der Waals surface area contributed by atoms with Gasteiger partial charge in [0.2, 0.25) is 5.91 Å². The van der Waals surface area contributed by atoms with Gasteiger partial charge in [-0.15, -0.1) is 0 Å². The van der Waals surface area contributed by atoms with Gasteiger partial charge in [-0.05, 0) is 0 Å². The predicted molar refractivity (Wildman–Crippen MR) is 58.5 cm³/mol. The average Bonchev–Trinajstić information content (AvgIpc) is 2.51. The molecule has 78 valence electrons. The number of thiazole rings is 1. The molecule has 1 aromatic rings. The summed E-state index contributed by atoms with van der Waals surface area (Å²) in [5.41, 5.74) is 5.54. The number of likely N-dealkylation sites (N-methyl/N-ethyl adjacent to an activating group) is 2. The summed E-state index contributed by atoms with van der Waals surface area (Å²) in [5.74, 6) is 0.0428. The van der Waals surface area contributed by atoms with Crippen LogP contribution in [-0.4, -0.2) is 43.5 Å². The van der Waals surface area contributed by atoms with Gasteiger partial charge in [0.15, 0.2) is 5.13 Å². The van der Waals surface area contributed by atoms with Crippen LogP contribution < -0.4 is 10.6 Å². The van der Waals surface area contributed by atoms with E-state index < -0.39 is 0 Å². The fourth-order valence-electron chi connectivity index (χ4n) is 0.865. The van der Waals surface area contributed by atoms with Crippen LogP contribution in [0, 0.1) is 0 Å². The molecule has 0 spiro atoms. The Morgan fingerprint density at radius 2 is 2.21 bits per heavy atom. The summed E-state index contributed by atoms with van der Waals surface area (Å²) in [6.07, 6.45) is 1.59. The second kappa shape index (κ2) is 4.28. The number of hydrogen-bond donors (Lipinski definition) is 1. The topological polar surface area (TPSA) is 62.5 Å². The van der Waals surface area contributed by atoms with Crippen molar-refractivity contribution in [3.05, 3.63) is 6.20 Å². The van der Waals surface area contributed by atoms with Crippen LogP contribution in [0.2, 0.25) is 0 Å². The van der Waals surface area contributed by atoms with Gasteiger partial charge in [0.25, 0.3) is 0 Å². The molecule has 0 fully saturated rings. The molecule has 0 unspecified atom stereocenters. The largest absolute Gasteiger partial charge is 0.389 e. The molecule has 0 bridgehead atoms. The Bertz CT molecular complexity index is 323. The number of carbonyl (C=O) groups is 1. The highest BCUT2D eigenvalue weighted by Crippen LogP contribution is 2.22. The first kappa shape index (κ1) is 10.8. The van der Waals surface area contributed by atoms with Gasteiger partial charge in [0.05, 0.1) is 12.7 Å². The first-order valence-corrected chi connectivity index (χ1v) is 4.95.